The van der Waals surface area contributed by atoms with Crippen molar-refractivity contribution in [2.75, 3.05) is 0 Å². The molecule has 4 aromatic rings. The fourth-order valence-electron chi connectivity index (χ4n) is 4.46. The Kier molecular flexibility index (Phi) is 5.67. The molecule has 5 rings (SSSR count). The maximum absolute atomic E-state index is 13.5. The summed E-state index contributed by atoms with van der Waals surface area (Å²) < 4.78 is 0. The molecule has 33 heavy (non-hydrogen) atoms. The van der Waals surface area contributed by atoms with Crippen LogP contribution in [0, 0.1) is 0 Å². The first-order valence-electron chi connectivity index (χ1n) is 11.1. The third-order valence-electron chi connectivity index (χ3n) is 6.24. The number of aromatic amines is 1. The van der Waals surface area contributed by atoms with Crippen LogP contribution < -0.4 is 5.73 Å². The number of H-pyrrole nitrogens is 1. The summed E-state index contributed by atoms with van der Waals surface area (Å²) in [4.78, 5) is 23.5. The van der Waals surface area contributed by atoms with Gasteiger partial charge in [-0.05, 0) is 40.8 Å². The number of fused-ring (bicyclic) bond motifs is 1. The first-order valence-corrected chi connectivity index (χ1v) is 11.1. The van der Waals surface area contributed by atoms with Crippen LogP contribution in [0.3, 0.4) is 0 Å². The summed E-state index contributed by atoms with van der Waals surface area (Å²) in [5.74, 6) is 0.840. The Hall–Kier alpha value is -3.90. The zero-order chi connectivity index (χ0) is 22.8. The van der Waals surface area contributed by atoms with Crippen molar-refractivity contribution in [2.45, 2.75) is 31.5 Å². The van der Waals surface area contributed by atoms with Crippen LogP contribution in [0.1, 0.15) is 28.6 Å². The molecule has 0 saturated carbocycles. The molecule has 0 fully saturated rings. The highest BCUT2D eigenvalue weighted by Crippen LogP contribution is 2.33. The van der Waals surface area contributed by atoms with E-state index in [9.17, 15) is 9.90 Å². The minimum atomic E-state index is -0.689. The fraction of sp³-hybridized carbons (Fsp3) is 0.185. The number of phenolic OH excluding ortho intramolecular Hbond substituents is 1. The lowest BCUT2D eigenvalue weighted by molar-refractivity contribution is -0.136. The average molecular weight is 439 g/mol. The lowest BCUT2D eigenvalue weighted by atomic mass is 9.92. The van der Waals surface area contributed by atoms with Gasteiger partial charge in [0.25, 0.3) is 0 Å². The molecule has 0 spiro atoms. The third kappa shape index (κ3) is 4.38. The number of hydrogen-bond acceptors (Lipinski definition) is 4. The smallest absolute Gasteiger partial charge is 0.240 e. The largest absolute Gasteiger partial charge is 0.508 e. The topological polar surface area (TPSA) is 95.2 Å². The number of hydrogen-bond donors (Lipinski definition) is 3. The van der Waals surface area contributed by atoms with Gasteiger partial charge in [0.2, 0.25) is 5.91 Å². The van der Waals surface area contributed by atoms with Gasteiger partial charge in [0, 0.05) is 13.0 Å². The molecule has 166 valence electrons. The Morgan fingerprint density at radius 1 is 1.03 bits per heavy atom. The van der Waals surface area contributed by atoms with Crippen LogP contribution in [0.2, 0.25) is 0 Å². The summed E-state index contributed by atoms with van der Waals surface area (Å²) in [5.41, 5.74) is 11.6. The normalized spacial score (nSPS) is 16.3. The van der Waals surface area contributed by atoms with Crippen molar-refractivity contribution in [3.8, 4) is 17.0 Å². The minimum absolute atomic E-state index is 0.111. The lowest BCUT2D eigenvalue weighted by Gasteiger charge is -2.37. The minimum Gasteiger partial charge on any atom is -0.508 e. The van der Waals surface area contributed by atoms with Crippen molar-refractivity contribution in [1.29, 1.82) is 0 Å². The van der Waals surface area contributed by atoms with Gasteiger partial charge in [-0.15, -0.1) is 0 Å². The van der Waals surface area contributed by atoms with Crippen molar-refractivity contribution in [3.05, 3.63) is 108 Å². The van der Waals surface area contributed by atoms with Crippen molar-refractivity contribution in [1.82, 2.24) is 14.9 Å². The molecule has 0 saturated heterocycles. The highest BCUT2D eigenvalue weighted by Gasteiger charge is 2.35. The average Bonchev–Trinajstić information content (AvgIpc) is 3.35. The Morgan fingerprint density at radius 2 is 1.73 bits per heavy atom. The van der Waals surface area contributed by atoms with Gasteiger partial charge >= 0.3 is 0 Å². The van der Waals surface area contributed by atoms with Crippen molar-refractivity contribution in [3.63, 3.8) is 0 Å². The molecule has 4 N–H and O–H groups in total. The van der Waals surface area contributed by atoms with E-state index >= 15 is 0 Å². The van der Waals surface area contributed by atoms with Crippen LogP contribution in [0.4, 0.5) is 0 Å². The van der Waals surface area contributed by atoms with Crippen molar-refractivity contribution < 1.29 is 9.90 Å². The summed E-state index contributed by atoms with van der Waals surface area (Å²) in [6, 6.07) is 24.1. The number of carbonyl (C=O) groups is 1. The predicted molar refractivity (Wildman–Crippen MR) is 127 cm³/mol. The quantitative estimate of drug-likeness (QED) is 0.439. The van der Waals surface area contributed by atoms with Crippen LogP contribution >= 0.6 is 0 Å². The molecule has 6 nitrogen and oxygen atoms in total. The number of carbonyl (C=O) groups excluding carboxylic acids is 1. The van der Waals surface area contributed by atoms with Gasteiger partial charge < -0.3 is 20.7 Å². The summed E-state index contributed by atoms with van der Waals surface area (Å²) in [6.07, 6.45) is 2.90. The molecule has 2 atom stereocenters. The van der Waals surface area contributed by atoms with E-state index < -0.39 is 6.04 Å². The number of nitrogens with zero attached hydrogens (tertiary/aromatic N) is 2. The fourth-order valence-corrected chi connectivity index (χ4v) is 4.46. The highest BCUT2D eigenvalue weighted by molar-refractivity contribution is 5.82. The number of nitrogens with one attached hydrogen (secondary N) is 1. The summed E-state index contributed by atoms with van der Waals surface area (Å²) in [6.45, 7) is 0.490. The Labute approximate surface area is 192 Å². The second-order valence-electron chi connectivity index (χ2n) is 8.48. The molecule has 2 heterocycles. The SMILES string of the molecule is NC(Cc1ccc(O)cc1)C(=O)N1Cc2ccccc2CC1c1ncc(-c2ccccc2)[nH]1. The zero-order valence-corrected chi connectivity index (χ0v) is 18.2. The number of nitrogens with two attached hydrogens (primary N) is 1. The second-order valence-corrected chi connectivity index (χ2v) is 8.48. The maximum Gasteiger partial charge on any atom is 0.240 e. The second kappa shape index (κ2) is 8.92. The molecule has 1 aliphatic rings. The van der Waals surface area contributed by atoms with E-state index in [0.29, 0.717) is 19.4 Å². The molecule has 6 heteroatoms. The van der Waals surface area contributed by atoms with E-state index in [1.54, 1.807) is 24.3 Å². The molecule has 0 bridgehead atoms. The number of rotatable bonds is 5. The van der Waals surface area contributed by atoms with Crippen LogP contribution in [0.15, 0.2) is 85.1 Å². The van der Waals surface area contributed by atoms with Gasteiger partial charge in [-0.25, -0.2) is 4.98 Å². The molecular formula is C27H26N4O2. The molecule has 2 unspecified atom stereocenters. The number of aromatic hydroxyl groups is 1. The Balaban J connectivity index is 1.44. The molecular weight excluding hydrogens is 412 g/mol. The van der Waals surface area contributed by atoms with E-state index in [1.165, 1.54) is 5.56 Å². The molecule has 3 aromatic carbocycles. The standard InChI is InChI=1S/C27H26N4O2/c28-23(14-18-10-12-22(32)13-11-18)27(33)31-17-21-9-5-4-8-20(21)15-25(31)26-29-16-24(30-26)19-6-2-1-3-7-19/h1-13,16,23,25,32H,14-15,17,28H2,(H,29,30). The van der Waals surface area contributed by atoms with Crippen LogP contribution in [-0.2, 0) is 24.2 Å². The van der Waals surface area contributed by atoms with E-state index in [0.717, 1.165) is 28.2 Å². The van der Waals surface area contributed by atoms with Gasteiger partial charge in [-0.1, -0.05) is 66.7 Å². The maximum atomic E-state index is 13.5. The summed E-state index contributed by atoms with van der Waals surface area (Å²) in [5, 5.41) is 9.53. The monoisotopic (exact) mass is 438 g/mol. The van der Waals surface area contributed by atoms with E-state index in [4.69, 9.17) is 5.73 Å². The number of aromatic nitrogens is 2. The molecule has 1 amide bonds. The number of amides is 1. The highest BCUT2D eigenvalue weighted by atomic mass is 16.3. The predicted octanol–water partition coefficient (Wildman–Crippen LogP) is 3.98. The Bertz CT molecular complexity index is 1250. The molecule has 0 radical (unpaired) electrons. The first-order chi connectivity index (χ1) is 16.1. The first kappa shape index (κ1) is 21.0. The van der Waals surface area contributed by atoms with E-state index in [1.807, 2.05) is 53.6 Å². The van der Waals surface area contributed by atoms with Gasteiger partial charge in [0.05, 0.1) is 24.0 Å². The molecule has 1 aliphatic heterocycles. The number of benzene rings is 3. The van der Waals surface area contributed by atoms with Crippen LogP contribution in [0.5, 0.6) is 5.75 Å². The third-order valence-corrected chi connectivity index (χ3v) is 6.24. The molecule has 1 aromatic heterocycles. The van der Waals surface area contributed by atoms with Crippen molar-refractivity contribution in [2.24, 2.45) is 5.73 Å². The van der Waals surface area contributed by atoms with Gasteiger partial charge in [0.15, 0.2) is 0 Å². The number of imidazole rings is 1. The van der Waals surface area contributed by atoms with Gasteiger partial charge in [-0.2, -0.15) is 0 Å². The summed E-state index contributed by atoms with van der Waals surface area (Å²) in [7, 11) is 0. The van der Waals surface area contributed by atoms with Crippen LogP contribution in [-0.4, -0.2) is 31.9 Å². The van der Waals surface area contributed by atoms with E-state index in [-0.39, 0.29) is 17.7 Å². The van der Waals surface area contributed by atoms with Gasteiger partial charge in [-0.3, -0.25) is 4.79 Å². The van der Waals surface area contributed by atoms with Crippen molar-refractivity contribution >= 4 is 5.91 Å². The zero-order valence-electron chi connectivity index (χ0n) is 18.2. The Morgan fingerprint density at radius 3 is 2.48 bits per heavy atom. The van der Waals surface area contributed by atoms with E-state index in [2.05, 4.69) is 22.1 Å². The number of phenols is 1. The lowest BCUT2D eigenvalue weighted by Crippen LogP contribution is -2.48. The van der Waals surface area contributed by atoms with Gasteiger partial charge in [0.1, 0.15) is 11.6 Å². The van der Waals surface area contributed by atoms with Crippen LogP contribution in [0.25, 0.3) is 11.3 Å². The summed E-state index contributed by atoms with van der Waals surface area (Å²) >= 11 is 0. The molecule has 0 aliphatic carbocycles.